The fourth-order valence-corrected chi connectivity index (χ4v) is 4.64. The van der Waals surface area contributed by atoms with Crippen LogP contribution in [0, 0.1) is 0 Å². The third-order valence-corrected chi connectivity index (χ3v) is 6.11. The summed E-state index contributed by atoms with van der Waals surface area (Å²) in [5.74, 6) is 0.915. The molecule has 29 heavy (non-hydrogen) atoms. The van der Waals surface area contributed by atoms with Crippen molar-refractivity contribution in [2.24, 2.45) is 0 Å². The van der Waals surface area contributed by atoms with Crippen molar-refractivity contribution in [3.63, 3.8) is 0 Å². The number of hydrogen-bond acceptors (Lipinski definition) is 5. The molecule has 1 aromatic heterocycles. The van der Waals surface area contributed by atoms with Gasteiger partial charge in [0, 0.05) is 36.6 Å². The molecule has 6 heteroatoms. The molecular weight excluding hydrogens is 366 g/mol. The van der Waals surface area contributed by atoms with Crippen molar-refractivity contribution in [3.8, 4) is 5.75 Å². The number of methoxy groups -OCH3 is 1. The average Bonchev–Trinajstić information content (AvgIpc) is 2.78. The van der Waals surface area contributed by atoms with Crippen LogP contribution in [-0.2, 0) is 16.8 Å². The molecule has 148 valence electrons. The van der Waals surface area contributed by atoms with Crippen LogP contribution in [0.5, 0.6) is 5.75 Å². The summed E-state index contributed by atoms with van der Waals surface area (Å²) in [6, 6.07) is 11.7. The minimum Gasteiger partial charge on any atom is -0.496 e. The number of likely N-dealkylation sites (tertiary alicyclic amines) is 1. The molecular formula is C23H23N3O3. The number of fused-ring (bicyclic) bond motifs is 3. The summed E-state index contributed by atoms with van der Waals surface area (Å²) in [4.78, 5) is 23.6. The van der Waals surface area contributed by atoms with Crippen molar-refractivity contribution in [3.05, 3.63) is 65.5 Å². The number of ether oxygens (including phenoxy) is 2. The Bertz CT molecular complexity index is 1060. The summed E-state index contributed by atoms with van der Waals surface area (Å²) in [5.41, 5.74) is 4.27. The smallest absolute Gasteiger partial charge is 0.253 e. The molecule has 1 saturated heterocycles. The molecule has 6 nitrogen and oxygen atoms in total. The van der Waals surface area contributed by atoms with Crippen molar-refractivity contribution >= 4 is 16.9 Å². The van der Waals surface area contributed by atoms with Crippen LogP contribution < -0.4 is 4.74 Å². The minimum absolute atomic E-state index is 0.0310. The normalized spacial score (nSPS) is 17.9. The van der Waals surface area contributed by atoms with Crippen LogP contribution >= 0.6 is 0 Å². The van der Waals surface area contributed by atoms with Crippen molar-refractivity contribution in [2.75, 3.05) is 26.8 Å². The van der Waals surface area contributed by atoms with Crippen LogP contribution in [0.25, 0.3) is 11.0 Å². The van der Waals surface area contributed by atoms with Gasteiger partial charge in [-0.3, -0.25) is 14.8 Å². The third-order valence-electron chi connectivity index (χ3n) is 6.11. The lowest BCUT2D eigenvalue weighted by Gasteiger charge is -2.45. The van der Waals surface area contributed by atoms with Crippen LogP contribution in [0.2, 0.25) is 0 Å². The molecule has 1 spiro atoms. The fourth-order valence-electron chi connectivity index (χ4n) is 4.64. The van der Waals surface area contributed by atoms with Gasteiger partial charge < -0.3 is 14.4 Å². The van der Waals surface area contributed by atoms with Crippen molar-refractivity contribution in [1.82, 2.24) is 14.9 Å². The van der Waals surface area contributed by atoms with Crippen molar-refractivity contribution in [1.29, 1.82) is 0 Å². The Kier molecular flexibility index (Phi) is 4.43. The van der Waals surface area contributed by atoms with Gasteiger partial charge in [-0.15, -0.1) is 0 Å². The van der Waals surface area contributed by atoms with Gasteiger partial charge in [0.05, 0.1) is 24.8 Å². The number of nitrogens with zero attached hydrogens (tertiary/aromatic N) is 3. The van der Waals surface area contributed by atoms with Crippen LogP contribution in [0.1, 0.15) is 34.3 Å². The van der Waals surface area contributed by atoms with E-state index >= 15 is 0 Å². The van der Waals surface area contributed by atoms with E-state index in [1.165, 1.54) is 11.1 Å². The van der Waals surface area contributed by atoms with E-state index in [0.717, 1.165) is 36.0 Å². The maximum atomic E-state index is 13.1. The number of carbonyl (C=O) groups excluding carboxylic acids is 1. The second-order valence-electron chi connectivity index (χ2n) is 7.64. The molecule has 0 atom stereocenters. The summed E-state index contributed by atoms with van der Waals surface area (Å²) in [5, 5.41) is 0. The summed E-state index contributed by atoms with van der Waals surface area (Å²) >= 11 is 0. The van der Waals surface area contributed by atoms with Gasteiger partial charge in [0.2, 0.25) is 0 Å². The lowest BCUT2D eigenvalue weighted by molar-refractivity contribution is -0.0946. The molecule has 1 fully saturated rings. The van der Waals surface area contributed by atoms with Crippen LogP contribution in [-0.4, -0.2) is 47.6 Å². The predicted molar refractivity (Wildman–Crippen MR) is 109 cm³/mol. The SMILES string of the molecule is COc1cccc2c1C1(CCN(C(=O)c3ccc4nccnc4c3)CC1)OCC2. The van der Waals surface area contributed by atoms with Gasteiger partial charge in [-0.25, -0.2) is 0 Å². The van der Waals surface area contributed by atoms with E-state index in [0.29, 0.717) is 25.3 Å². The first-order chi connectivity index (χ1) is 14.2. The van der Waals surface area contributed by atoms with Gasteiger partial charge in [0.25, 0.3) is 5.91 Å². The first-order valence-corrected chi connectivity index (χ1v) is 10.0. The van der Waals surface area contributed by atoms with E-state index in [1.54, 1.807) is 19.5 Å². The topological polar surface area (TPSA) is 64.5 Å². The Hall–Kier alpha value is -2.99. The lowest BCUT2D eigenvalue weighted by atomic mass is 9.78. The molecule has 0 saturated carbocycles. The van der Waals surface area contributed by atoms with E-state index in [4.69, 9.17) is 9.47 Å². The monoisotopic (exact) mass is 389 g/mol. The molecule has 2 aromatic carbocycles. The van der Waals surface area contributed by atoms with Crippen molar-refractivity contribution in [2.45, 2.75) is 24.9 Å². The van der Waals surface area contributed by atoms with Crippen LogP contribution in [0.3, 0.4) is 0 Å². The van der Waals surface area contributed by atoms with Gasteiger partial charge >= 0.3 is 0 Å². The zero-order chi connectivity index (χ0) is 19.8. The summed E-state index contributed by atoms with van der Waals surface area (Å²) < 4.78 is 12.0. The molecule has 1 amide bonds. The zero-order valence-corrected chi connectivity index (χ0v) is 16.4. The van der Waals surface area contributed by atoms with E-state index in [2.05, 4.69) is 16.0 Å². The first kappa shape index (κ1) is 18.1. The Morgan fingerprint density at radius 1 is 1.10 bits per heavy atom. The summed E-state index contributed by atoms with van der Waals surface area (Å²) in [6.07, 6.45) is 5.73. The lowest BCUT2D eigenvalue weighted by Crippen LogP contribution is -2.48. The molecule has 3 aromatic rings. The number of amides is 1. The third kappa shape index (κ3) is 3.04. The van der Waals surface area contributed by atoms with Gasteiger partial charge in [-0.1, -0.05) is 12.1 Å². The Balaban J connectivity index is 1.39. The van der Waals surface area contributed by atoms with Gasteiger partial charge in [0.15, 0.2) is 0 Å². The molecule has 0 aliphatic carbocycles. The molecule has 2 aliphatic heterocycles. The Labute approximate surface area is 169 Å². The van der Waals surface area contributed by atoms with E-state index < -0.39 is 0 Å². The van der Waals surface area contributed by atoms with Gasteiger partial charge in [-0.2, -0.15) is 0 Å². The highest BCUT2D eigenvalue weighted by Gasteiger charge is 2.43. The molecule has 5 rings (SSSR count). The van der Waals surface area contributed by atoms with Gasteiger partial charge in [0.1, 0.15) is 11.4 Å². The second-order valence-corrected chi connectivity index (χ2v) is 7.64. The van der Waals surface area contributed by atoms with Crippen LogP contribution in [0.4, 0.5) is 0 Å². The predicted octanol–water partition coefficient (Wildman–Crippen LogP) is 3.34. The number of carbonyl (C=O) groups is 1. The molecule has 3 heterocycles. The van der Waals surface area contributed by atoms with Crippen LogP contribution in [0.15, 0.2) is 48.8 Å². The minimum atomic E-state index is -0.369. The van der Waals surface area contributed by atoms with E-state index in [9.17, 15) is 4.79 Å². The molecule has 0 unspecified atom stereocenters. The summed E-state index contributed by atoms with van der Waals surface area (Å²) in [7, 11) is 1.71. The molecule has 0 radical (unpaired) electrons. The highest BCUT2D eigenvalue weighted by molar-refractivity contribution is 5.97. The highest BCUT2D eigenvalue weighted by Crippen LogP contribution is 2.45. The molecule has 2 aliphatic rings. The summed E-state index contributed by atoms with van der Waals surface area (Å²) in [6.45, 7) is 2.00. The van der Waals surface area contributed by atoms with E-state index in [-0.39, 0.29) is 11.5 Å². The maximum Gasteiger partial charge on any atom is 0.253 e. The second kappa shape index (κ2) is 7.12. The number of aromatic nitrogens is 2. The van der Waals surface area contributed by atoms with Crippen molar-refractivity contribution < 1.29 is 14.3 Å². The fraction of sp³-hybridized carbons (Fsp3) is 0.348. The number of rotatable bonds is 2. The quantitative estimate of drug-likeness (QED) is 0.673. The average molecular weight is 389 g/mol. The number of benzene rings is 2. The van der Waals surface area contributed by atoms with E-state index in [1.807, 2.05) is 35.2 Å². The Morgan fingerprint density at radius 3 is 2.69 bits per heavy atom. The van der Waals surface area contributed by atoms with Gasteiger partial charge in [-0.05, 0) is 49.1 Å². The first-order valence-electron chi connectivity index (χ1n) is 10.0. The standard InChI is InChI=1S/C23H23N3O3/c1-28-20-4-2-3-16-7-14-29-23(21(16)20)8-12-26(13-9-23)22(27)17-5-6-18-19(15-17)25-11-10-24-18/h2-6,10-11,15H,7-9,12-14H2,1H3. The largest absolute Gasteiger partial charge is 0.496 e. The molecule has 0 bridgehead atoms. The highest BCUT2D eigenvalue weighted by atomic mass is 16.5. The Morgan fingerprint density at radius 2 is 1.90 bits per heavy atom. The number of piperidine rings is 1. The number of hydrogen-bond donors (Lipinski definition) is 0. The zero-order valence-electron chi connectivity index (χ0n) is 16.4. The molecule has 0 N–H and O–H groups in total. The maximum absolute atomic E-state index is 13.1.